The minimum atomic E-state index is -0.902. The van der Waals surface area contributed by atoms with Gasteiger partial charge in [0.1, 0.15) is 5.65 Å². The molecule has 2 N–H and O–H groups in total. The topological polar surface area (TPSA) is 66.0 Å². The van der Waals surface area contributed by atoms with Crippen molar-refractivity contribution in [3.8, 4) is 0 Å². The number of hydrogen-bond donors (Lipinski definition) is 2. The molecule has 0 bridgehead atoms. The summed E-state index contributed by atoms with van der Waals surface area (Å²) in [6.45, 7) is 3.37. The maximum absolute atomic E-state index is 11.1. The summed E-state index contributed by atoms with van der Waals surface area (Å²) in [7, 11) is 0. The van der Waals surface area contributed by atoms with Crippen LogP contribution in [0.4, 0.5) is 0 Å². The van der Waals surface area contributed by atoms with Gasteiger partial charge in [0, 0.05) is 17.8 Å². The number of H-pyrrole nitrogens is 1. The molecule has 4 heteroatoms. The Morgan fingerprint density at radius 1 is 1.53 bits per heavy atom. The number of carboxylic acids is 1. The molecule has 0 amide bonds. The molecular weight excluding hydrogens is 192 g/mol. The van der Waals surface area contributed by atoms with Gasteiger partial charge in [-0.25, -0.2) is 4.98 Å². The third kappa shape index (κ3) is 1.38. The summed E-state index contributed by atoms with van der Waals surface area (Å²) in [5.41, 5.74) is 0.585. The molecule has 2 heterocycles. The number of rotatable bonds is 2. The van der Waals surface area contributed by atoms with E-state index >= 15 is 0 Å². The molecule has 2 aromatic heterocycles. The van der Waals surface area contributed by atoms with Gasteiger partial charge in [-0.1, -0.05) is 0 Å². The van der Waals surface area contributed by atoms with Crippen molar-refractivity contribution in [2.45, 2.75) is 19.3 Å². The van der Waals surface area contributed by atoms with Crippen molar-refractivity contribution < 1.29 is 9.90 Å². The summed E-state index contributed by atoms with van der Waals surface area (Å²) in [5.74, 6) is -0.841. The maximum Gasteiger partial charge on any atom is 0.313 e. The molecule has 0 saturated carbocycles. The van der Waals surface area contributed by atoms with Gasteiger partial charge < -0.3 is 10.1 Å². The van der Waals surface area contributed by atoms with Crippen LogP contribution in [0.15, 0.2) is 24.5 Å². The number of aromatic amines is 1. The fourth-order valence-electron chi connectivity index (χ4n) is 1.59. The maximum atomic E-state index is 11.1. The lowest BCUT2D eigenvalue weighted by molar-refractivity contribution is -0.142. The molecule has 0 aromatic carbocycles. The van der Waals surface area contributed by atoms with E-state index in [1.165, 1.54) is 0 Å². The zero-order valence-corrected chi connectivity index (χ0v) is 8.61. The van der Waals surface area contributed by atoms with Crippen molar-refractivity contribution in [2.75, 3.05) is 0 Å². The van der Waals surface area contributed by atoms with E-state index < -0.39 is 11.4 Å². The number of nitrogens with zero attached hydrogens (tertiary/aromatic N) is 1. The van der Waals surface area contributed by atoms with Gasteiger partial charge in [0.05, 0.1) is 5.41 Å². The fourth-order valence-corrected chi connectivity index (χ4v) is 1.59. The van der Waals surface area contributed by atoms with Crippen LogP contribution in [0.5, 0.6) is 0 Å². The Bertz CT molecular complexity index is 514. The van der Waals surface area contributed by atoms with E-state index in [1.807, 2.05) is 6.07 Å². The number of aromatic nitrogens is 2. The average molecular weight is 204 g/mol. The second-order valence-corrected chi connectivity index (χ2v) is 4.03. The second kappa shape index (κ2) is 3.08. The summed E-state index contributed by atoms with van der Waals surface area (Å²) < 4.78 is 0. The molecular formula is C11H12N2O2. The minimum Gasteiger partial charge on any atom is -0.481 e. The van der Waals surface area contributed by atoms with Gasteiger partial charge in [-0.3, -0.25) is 4.79 Å². The summed E-state index contributed by atoms with van der Waals surface area (Å²) >= 11 is 0. The standard InChI is InChI=1S/C11H12N2O2/c1-11(2,10(14)15)8-6-13-9-7(8)4-3-5-12-9/h3-6H,1-2H3,(H,12,13)(H,14,15). The highest BCUT2D eigenvalue weighted by Crippen LogP contribution is 2.29. The normalized spacial score (nSPS) is 11.9. The van der Waals surface area contributed by atoms with Gasteiger partial charge in [0.25, 0.3) is 0 Å². The van der Waals surface area contributed by atoms with Crippen LogP contribution >= 0.6 is 0 Å². The van der Waals surface area contributed by atoms with Crippen LogP contribution in [0.25, 0.3) is 11.0 Å². The van der Waals surface area contributed by atoms with Gasteiger partial charge in [-0.05, 0) is 31.5 Å². The molecule has 0 atom stereocenters. The number of nitrogens with one attached hydrogen (secondary N) is 1. The van der Waals surface area contributed by atoms with Crippen LogP contribution in [-0.4, -0.2) is 21.0 Å². The number of pyridine rings is 1. The van der Waals surface area contributed by atoms with E-state index in [9.17, 15) is 4.79 Å². The predicted octanol–water partition coefficient (Wildman–Crippen LogP) is 1.93. The molecule has 4 nitrogen and oxygen atoms in total. The largest absolute Gasteiger partial charge is 0.481 e. The van der Waals surface area contributed by atoms with Gasteiger partial charge >= 0.3 is 5.97 Å². The molecule has 0 saturated heterocycles. The molecule has 0 aliphatic rings. The van der Waals surface area contributed by atoms with Crippen LogP contribution in [0.1, 0.15) is 19.4 Å². The van der Waals surface area contributed by atoms with Gasteiger partial charge in [-0.15, -0.1) is 0 Å². The highest BCUT2D eigenvalue weighted by Gasteiger charge is 2.31. The van der Waals surface area contributed by atoms with Crippen LogP contribution < -0.4 is 0 Å². The number of hydrogen-bond acceptors (Lipinski definition) is 2. The van der Waals surface area contributed by atoms with E-state index in [-0.39, 0.29) is 0 Å². The fraction of sp³-hybridized carbons (Fsp3) is 0.273. The van der Waals surface area contributed by atoms with E-state index in [2.05, 4.69) is 9.97 Å². The van der Waals surface area contributed by atoms with Crippen LogP contribution in [0.3, 0.4) is 0 Å². The number of carbonyl (C=O) groups is 1. The Morgan fingerprint density at radius 2 is 2.27 bits per heavy atom. The summed E-state index contributed by atoms with van der Waals surface area (Å²) in [4.78, 5) is 18.2. The first-order valence-electron chi connectivity index (χ1n) is 4.69. The van der Waals surface area contributed by atoms with Crippen LogP contribution in [-0.2, 0) is 10.2 Å². The predicted molar refractivity (Wildman–Crippen MR) is 56.8 cm³/mol. The van der Waals surface area contributed by atoms with E-state index in [1.54, 1.807) is 32.3 Å². The molecule has 0 radical (unpaired) electrons. The van der Waals surface area contributed by atoms with Crippen molar-refractivity contribution in [1.29, 1.82) is 0 Å². The Hall–Kier alpha value is -1.84. The molecule has 15 heavy (non-hydrogen) atoms. The van der Waals surface area contributed by atoms with Crippen molar-refractivity contribution in [3.05, 3.63) is 30.1 Å². The highest BCUT2D eigenvalue weighted by atomic mass is 16.4. The molecule has 0 aliphatic carbocycles. The minimum absolute atomic E-state index is 0.724. The Kier molecular flexibility index (Phi) is 2.00. The summed E-state index contributed by atoms with van der Waals surface area (Å²) in [6, 6.07) is 3.68. The molecule has 78 valence electrons. The molecule has 0 spiro atoms. The third-order valence-corrected chi connectivity index (χ3v) is 2.66. The average Bonchev–Trinajstić information content (AvgIpc) is 2.61. The van der Waals surface area contributed by atoms with E-state index in [4.69, 9.17) is 5.11 Å². The quantitative estimate of drug-likeness (QED) is 0.785. The molecule has 2 aromatic rings. The van der Waals surface area contributed by atoms with Crippen molar-refractivity contribution in [3.63, 3.8) is 0 Å². The number of aliphatic carboxylic acids is 1. The molecule has 0 aliphatic heterocycles. The lowest BCUT2D eigenvalue weighted by Crippen LogP contribution is -2.28. The van der Waals surface area contributed by atoms with E-state index in [0.29, 0.717) is 0 Å². The summed E-state index contributed by atoms with van der Waals surface area (Å²) in [6.07, 6.45) is 3.39. The smallest absolute Gasteiger partial charge is 0.313 e. The van der Waals surface area contributed by atoms with Gasteiger partial charge in [0.2, 0.25) is 0 Å². The third-order valence-electron chi connectivity index (χ3n) is 2.66. The van der Waals surface area contributed by atoms with Crippen LogP contribution in [0, 0.1) is 0 Å². The first-order chi connectivity index (χ1) is 7.03. The lowest BCUT2D eigenvalue weighted by Gasteiger charge is -2.17. The van der Waals surface area contributed by atoms with Crippen molar-refractivity contribution >= 4 is 17.0 Å². The molecule has 2 rings (SSSR count). The Morgan fingerprint density at radius 3 is 2.93 bits per heavy atom. The van der Waals surface area contributed by atoms with Crippen molar-refractivity contribution in [1.82, 2.24) is 9.97 Å². The number of carboxylic acid groups (broad SMARTS) is 1. The molecule has 0 fully saturated rings. The van der Waals surface area contributed by atoms with Gasteiger partial charge in [0.15, 0.2) is 0 Å². The zero-order chi connectivity index (χ0) is 11.1. The second-order valence-electron chi connectivity index (χ2n) is 4.03. The first kappa shape index (κ1) is 9.71. The SMILES string of the molecule is CC(C)(C(=O)O)c1c[nH]c2ncccc12. The monoisotopic (exact) mass is 204 g/mol. The summed E-state index contributed by atoms with van der Waals surface area (Å²) in [5, 5.41) is 10.0. The molecule has 0 unspecified atom stereocenters. The highest BCUT2D eigenvalue weighted by molar-refractivity contribution is 5.89. The van der Waals surface area contributed by atoms with Crippen LogP contribution in [0.2, 0.25) is 0 Å². The first-order valence-corrected chi connectivity index (χ1v) is 4.69. The van der Waals surface area contributed by atoms with E-state index in [0.717, 1.165) is 16.6 Å². The lowest BCUT2D eigenvalue weighted by atomic mass is 9.85. The Balaban J connectivity index is 2.67. The zero-order valence-electron chi connectivity index (χ0n) is 8.61. The number of fused-ring (bicyclic) bond motifs is 1. The Labute approximate surface area is 87.0 Å². The van der Waals surface area contributed by atoms with Gasteiger partial charge in [-0.2, -0.15) is 0 Å². The van der Waals surface area contributed by atoms with Crippen molar-refractivity contribution in [2.24, 2.45) is 0 Å².